The van der Waals surface area contributed by atoms with Crippen molar-refractivity contribution in [1.29, 1.82) is 0 Å². The lowest BCUT2D eigenvalue weighted by atomic mass is 10.1. The van der Waals surface area contributed by atoms with Gasteiger partial charge in [-0.25, -0.2) is 4.99 Å². The highest BCUT2D eigenvalue weighted by Crippen LogP contribution is 2.34. The Balaban J connectivity index is 1.64. The third-order valence-corrected chi connectivity index (χ3v) is 6.15. The van der Waals surface area contributed by atoms with Crippen LogP contribution in [0.5, 0.6) is 11.5 Å². The monoisotopic (exact) mass is 465 g/mol. The number of ether oxygens (including phenoxy) is 2. The Bertz CT molecular complexity index is 1230. The molecule has 2 aromatic heterocycles. The Kier molecular flexibility index (Phi) is 4.91. The molecule has 5 rings (SSSR count). The Morgan fingerprint density at radius 3 is 2.83 bits per heavy atom. The molecule has 1 aliphatic rings. The highest BCUT2D eigenvalue weighted by molar-refractivity contribution is 9.10. The second kappa shape index (κ2) is 7.85. The molecule has 0 aliphatic carbocycles. The minimum Gasteiger partial charge on any atom is -0.454 e. The topological polar surface area (TPSA) is 48.6 Å². The lowest BCUT2D eigenvalue weighted by Gasteiger charge is -2.11. The van der Waals surface area contributed by atoms with Crippen molar-refractivity contribution in [3.63, 3.8) is 0 Å². The molecule has 0 saturated heterocycles. The van der Waals surface area contributed by atoms with Crippen LogP contribution in [0.4, 0.5) is 5.69 Å². The highest BCUT2D eigenvalue weighted by atomic mass is 79.9. The van der Waals surface area contributed by atoms with Crippen molar-refractivity contribution < 1.29 is 9.47 Å². The maximum absolute atomic E-state index is 5.55. The molecule has 4 aromatic rings. The van der Waals surface area contributed by atoms with E-state index < -0.39 is 0 Å². The predicted molar refractivity (Wildman–Crippen MR) is 117 cm³/mol. The molecule has 29 heavy (non-hydrogen) atoms. The molecule has 0 saturated carbocycles. The van der Waals surface area contributed by atoms with Crippen LogP contribution in [-0.4, -0.2) is 16.3 Å². The SMILES string of the molecule is Brc1ccccc1-c1csc(=Nc2cccnc2)n1Cc1ccc2c(c1)OCO2. The molecule has 0 N–H and O–H groups in total. The van der Waals surface area contributed by atoms with Crippen molar-refractivity contribution in [3.8, 4) is 22.8 Å². The molecule has 2 aromatic carbocycles. The van der Waals surface area contributed by atoms with Gasteiger partial charge in [0.25, 0.3) is 0 Å². The molecule has 144 valence electrons. The molecular weight excluding hydrogens is 450 g/mol. The largest absolute Gasteiger partial charge is 0.454 e. The van der Waals surface area contributed by atoms with Crippen molar-refractivity contribution in [2.24, 2.45) is 4.99 Å². The second-order valence-electron chi connectivity index (χ2n) is 6.48. The summed E-state index contributed by atoms with van der Waals surface area (Å²) < 4.78 is 14.3. The fourth-order valence-corrected chi connectivity index (χ4v) is 4.62. The zero-order valence-electron chi connectivity index (χ0n) is 15.3. The Labute approximate surface area is 180 Å². The van der Waals surface area contributed by atoms with Crippen LogP contribution in [0.3, 0.4) is 0 Å². The van der Waals surface area contributed by atoms with E-state index in [1.165, 1.54) is 0 Å². The summed E-state index contributed by atoms with van der Waals surface area (Å²) in [4.78, 5) is 9.91. The first-order valence-corrected chi connectivity index (χ1v) is 10.7. The fraction of sp³-hybridized carbons (Fsp3) is 0.0909. The maximum atomic E-state index is 5.55. The number of rotatable bonds is 4. The molecule has 1 aliphatic heterocycles. The van der Waals surface area contributed by atoms with E-state index in [0.717, 1.165) is 43.3 Å². The summed E-state index contributed by atoms with van der Waals surface area (Å²) in [6.07, 6.45) is 3.52. The number of halogens is 1. The summed E-state index contributed by atoms with van der Waals surface area (Å²) >= 11 is 5.29. The van der Waals surface area contributed by atoms with Crippen LogP contribution in [0.25, 0.3) is 11.3 Å². The molecule has 0 spiro atoms. The van der Waals surface area contributed by atoms with Gasteiger partial charge in [0.2, 0.25) is 6.79 Å². The van der Waals surface area contributed by atoms with Crippen LogP contribution in [0, 0.1) is 0 Å². The zero-order valence-corrected chi connectivity index (χ0v) is 17.7. The molecule has 0 bridgehead atoms. The van der Waals surface area contributed by atoms with Crippen LogP contribution in [0.1, 0.15) is 5.56 Å². The molecule has 3 heterocycles. The van der Waals surface area contributed by atoms with Crippen molar-refractivity contribution in [2.45, 2.75) is 6.54 Å². The number of hydrogen-bond acceptors (Lipinski definition) is 5. The van der Waals surface area contributed by atoms with Crippen molar-refractivity contribution in [2.75, 3.05) is 6.79 Å². The standard InChI is InChI=1S/C22H16BrN3O2S/c23-18-6-2-1-5-17(18)19-13-29-22(25-16-4-3-9-24-11-16)26(19)12-15-7-8-20-21(10-15)28-14-27-20/h1-11,13H,12,14H2. The third-order valence-electron chi connectivity index (χ3n) is 4.60. The highest BCUT2D eigenvalue weighted by Gasteiger charge is 2.16. The smallest absolute Gasteiger partial charge is 0.231 e. The minimum absolute atomic E-state index is 0.272. The van der Waals surface area contributed by atoms with Gasteiger partial charge in [-0.2, -0.15) is 0 Å². The summed E-state index contributed by atoms with van der Waals surface area (Å²) in [7, 11) is 0. The van der Waals surface area contributed by atoms with Crippen molar-refractivity contribution >= 4 is 33.0 Å². The summed E-state index contributed by atoms with van der Waals surface area (Å²) in [5.41, 5.74) is 4.17. The summed E-state index contributed by atoms with van der Waals surface area (Å²) in [6.45, 7) is 0.935. The van der Waals surface area contributed by atoms with E-state index in [1.807, 2.05) is 36.4 Å². The molecule has 0 unspecified atom stereocenters. The summed E-state index contributed by atoms with van der Waals surface area (Å²) in [5, 5.41) is 2.14. The zero-order chi connectivity index (χ0) is 19.6. The number of fused-ring (bicyclic) bond motifs is 1. The van der Waals surface area contributed by atoms with Crippen molar-refractivity contribution in [3.05, 3.63) is 87.2 Å². The average molecular weight is 466 g/mol. The lowest BCUT2D eigenvalue weighted by molar-refractivity contribution is 0.174. The normalized spacial score (nSPS) is 13.1. The second-order valence-corrected chi connectivity index (χ2v) is 8.17. The first kappa shape index (κ1) is 18.1. The van der Waals surface area contributed by atoms with Crippen LogP contribution in [0.2, 0.25) is 0 Å². The molecule has 0 atom stereocenters. The number of aromatic nitrogens is 2. The van der Waals surface area contributed by atoms with Gasteiger partial charge in [0.15, 0.2) is 16.3 Å². The van der Waals surface area contributed by atoms with E-state index >= 15 is 0 Å². The molecular formula is C22H16BrN3O2S. The van der Waals surface area contributed by atoms with Crippen LogP contribution >= 0.6 is 27.3 Å². The Hall–Kier alpha value is -2.90. The van der Waals surface area contributed by atoms with E-state index in [-0.39, 0.29) is 6.79 Å². The van der Waals surface area contributed by atoms with E-state index in [1.54, 1.807) is 23.7 Å². The third kappa shape index (κ3) is 3.71. The van der Waals surface area contributed by atoms with E-state index in [0.29, 0.717) is 6.54 Å². The van der Waals surface area contributed by atoms with Gasteiger partial charge in [0, 0.05) is 21.6 Å². The van der Waals surface area contributed by atoms with Gasteiger partial charge in [0.05, 0.1) is 24.1 Å². The Morgan fingerprint density at radius 2 is 1.97 bits per heavy atom. The van der Waals surface area contributed by atoms with Gasteiger partial charge in [0.1, 0.15) is 0 Å². The lowest BCUT2D eigenvalue weighted by Crippen LogP contribution is -2.16. The quantitative estimate of drug-likeness (QED) is 0.406. The molecule has 7 heteroatoms. The van der Waals surface area contributed by atoms with Gasteiger partial charge in [-0.15, -0.1) is 11.3 Å². The van der Waals surface area contributed by atoms with Crippen LogP contribution < -0.4 is 14.3 Å². The van der Waals surface area contributed by atoms with E-state index in [9.17, 15) is 0 Å². The molecule has 0 fully saturated rings. The number of pyridine rings is 1. The average Bonchev–Trinajstić information content (AvgIpc) is 3.36. The van der Waals surface area contributed by atoms with Crippen molar-refractivity contribution in [1.82, 2.24) is 9.55 Å². The minimum atomic E-state index is 0.272. The molecule has 0 amide bonds. The number of benzene rings is 2. The van der Waals surface area contributed by atoms with Gasteiger partial charge >= 0.3 is 0 Å². The van der Waals surface area contributed by atoms with Gasteiger partial charge < -0.3 is 14.0 Å². The first-order valence-electron chi connectivity index (χ1n) is 9.04. The van der Waals surface area contributed by atoms with Crippen LogP contribution in [0.15, 0.2) is 81.8 Å². The van der Waals surface area contributed by atoms with Gasteiger partial charge in [-0.3, -0.25) is 4.98 Å². The number of thiazole rings is 1. The van der Waals surface area contributed by atoms with E-state index in [4.69, 9.17) is 14.5 Å². The predicted octanol–water partition coefficient (Wildman–Crippen LogP) is 5.38. The van der Waals surface area contributed by atoms with E-state index in [2.05, 4.69) is 49.1 Å². The molecule has 0 radical (unpaired) electrons. The number of hydrogen-bond donors (Lipinski definition) is 0. The summed E-state index contributed by atoms with van der Waals surface area (Å²) in [6, 6.07) is 18.1. The van der Waals surface area contributed by atoms with Gasteiger partial charge in [-0.05, 0) is 35.9 Å². The Morgan fingerprint density at radius 1 is 1.07 bits per heavy atom. The summed E-state index contributed by atoms with van der Waals surface area (Å²) in [5.74, 6) is 1.57. The molecule has 5 nitrogen and oxygen atoms in total. The fourth-order valence-electron chi connectivity index (χ4n) is 3.21. The number of nitrogens with zero attached hydrogens (tertiary/aromatic N) is 3. The maximum Gasteiger partial charge on any atom is 0.231 e. The van der Waals surface area contributed by atoms with Crippen LogP contribution in [-0.2, 0) is 6.54 Å². The first-order chi connectivity index (χ1) is 14.3. The van der Waals surface area contributed by atoms with Gasteiger partial charge in [-0.1, -0.05) is 40.2 Å².